The Morgan fingerprint density at radius 2 is 1.72 bits per heavy atom. The molecule has 0 saturated heterocycles. The Labute approximate surface area is 230 Å². The van der Waals surface area contributed by atoms with Gasteiger partial charge >= 0.3 is 18.0 Å². The van der Waals surface area contributed by atoms with E-state index in [1.54, 1.807) is 37.3 Å². The fourth-order valence-corrected chi connectivity index (χ4v) is 4.74. The SMILES string of the molecule is CCCN(C(=O)OCC)C(Cn1c(=O)c(Br)c(C)n(Cc2c(F)cccc2C(F)(F)F)c1=O)c1ccccc1. The lowest BCUT2D eigenvalue weighted by Gasteiger charge is -2.31. The third-order valence-corrected chi connectivity index (χ3v) is 7.15. The average Bonchev–Trinajstić information content (AvgIpc) is 2.90. The monoisotopic (exact) mass is 613 g/mol. The van der Waals surface area contributed by atoms with E-state index in [9.17, 15) is 31.9 Å². The molecule has 0 saturated carbocycles. The van der Waals surface area contributed by atoms with Crippen LogP contribution in [-0.4, -0.2) is 33.3 Å². The van der Waals surface area contributed by atoms with Gasteiger partial charge in [0.1, 0.15) is 10.3 Å². The number of hydrogen-bond donors (Lipinski definition) is 0. The van der Waals surface area contributed by atoms with E-state index in [2.05, 4.69) is 15.9 Å². The van der Waals surface area contributed by atoms with Crippen molar-refractivity contribution < 1.29 is 27.1 Å². The van der Waals surface area contributed by atoms with Crippen molar-refractivity contribution in [1.29, 1.82) is 0 Å². The van der Waals surface area contributed by atoms with Gasteiger partial charge in [-0.25, -0.2) is 14.0 Å². The average molecular weight is 614 g/mol. The third kappa shape index (κ3) is 6.60. The number of benzene rings is 2. The van der Waals surface area contributed by atoms with Gasteiger partial charge in [0.05, 0.1) is 31.3 Å². The maximum Gasteiger partial charge on any atom is 0.416 e. The summed E-state index contributed by atoms with van der Waals surface area (Å²) in [6, 6.07) is 10.4. The van der Waals surface area contributed by atoms with Crippen molar-refractivity contribution in [2.75, 3.05) is 13.2 Å². The molecular formula is C27H28BrF4N3O4. The maximum atomic E-state index is 14.6. The second kappa shape index (κ2) is 12.6. The molecule has 0 aliphatic heterocycles. The van der Waals surface area contributed by atoms with Crippen molar-refractivity contribution in [2.45, 2.75) is 52.5 Å². The van der Waals surface area contributed by atoms with Crippen LogP contribution in [0.4, 0.5) is 22.4 Å². The van der Waals surface area contributed by atoms with E-state index in [0.29, 0.717) is 12.0 Å². The zero-order chi connectivity index (χ0) is 28.9. The highest BCUT2D eigenvalue weighted by molar-refractivity contribution is 9.10. The number of amides is 1. The molecule has 1 aromatic heterocycles. The zero-order valence-corrected chi connectivity index (χ0v) is 23.2. The van der Waals surface area contributed by atoms with Crippen LogP contribution < -0.4 is 11.2 Å². The molecule has 1 atom stereocenters. The molecule has 0 aliphatic carbocycles. The Morgan fingerprint density at radius 3 is 2.31 bits per heavy atom. The number of alkyl halides is 3. The number of rotatable bonds is 9. The van der Waals surface area contributed by atoms with E-state index in [0.717, 1.165) is 27.3 Å². The van der Waals surface area contributed by atoms with Gasteiger partial charge in [-0.2, -0.15) is 13.2 Å². The number of carbonyl (C=O) groups excluding carboxylic acids is 1. The van der Waals surface area contributed by atoms with Gasteiger partial charge in [0.15, 0.2) is 0 Å². The lowest BCUT2D eigenvalue weighted by atomic mass is 10.0. The Bertz CT molecular complexity index is 1440. The van der Waals surface area contributed by atoms with Crippen LogP contribution in [0.25, 0.3) is 0 Å². The standard InChI is InChI=1S/C27H28BrF4N3O4/c1-4-14-33(26(38)39-5-2)22(18-10-7-6-8-11-18)16-35-24(36)23(28)17(3)34(25(35)37)15-19-20(27(30,31)32)12-9-13-21(19)29/h6-13,22H,4-5,14-16H2,1-3H3. The van der Waals surface area contributed by atoms with Crippen molar-refractivity contribution in [2.24, 2.45) is 0 Å². The van der Waals surface area contributed by atoms with Gasteiger partial charge in [0, 0.05) is 17.8 Å². The molecule has 0 aliphatic rings. The minimum atomic E-state index is -4.86. The van der Waals surface area contributed by atoms with Crippen LogP contribution in [0.15, 0.2) is 62.6 Å². The van der Waals surface area contributed by atoms with Crippen molar-refractivity contribution >= 4 is 22.0 Å². The molecule has 0 bridgehead atoms. The molecule has 0 radical (unpaired) electrons. The van der Waals surface area contributed by atoms with E-state index >= 15 is 0 Å². The molecule has 0 fully saturated rings. The number of halogens is 5. The molecule has 3 aromatic rings. The van der Waals surface area contributed by atoms with Gasteiger partial charge < -0.3 is 4.74 Å². The van der Waals surface area contributed by atoms with Gasteiger partial charge in [-0.3, -0.25) is 18.8 Å². The van der Waals surface area contributed by atoms with Crippen LogP contribution in [0.1, 0.15) is 48.7 Å². The van der Waals surface area contributed by atoms with Crippen LogP contribution >= 0.6 is 15.9 Å². The van der Waals surface area contributed by atoms with Crippen LogP contribution in [-0.2, 0) is 24.0 Å². The zero-order valence-electron chi connectivity index (χ0n) is 21.6. The summed E-state index contributed by atoms with van der Waals surface area (Å²) < 4.78 is 62.5. The van der Waals surface area contributed by atoms with Gasteiger partial charge in [0.2, 0.25) is 0 Å². The summed E-state index contributed by atoms with van der Waals surface area (Å²) in [7, 11) is 0. The van der Waals surface area contributed by atoms with E-state index in [1.807, 2.05) is 6.92 Å². The second-order valence-corrected chi connectivity index (χ2v) is 9.56. The van der Waals surface area contributed by atoms with E-state index in [-0.39, 0.29) is 29.9 Å². The number of hydrogen-bond acceptors (Lipinski definition) is 4. The van der Waals surface area contributed by atoms with E-state index < -0.39 is 53.0 Å². The van der Waals surface area contributed by atoms with E-state index in [1.165, 1.54) is 11.8 Å². The predicted molar refractivity (Wildman–Crippen MR) is 141 cm³/mol. The Kier molecular flexibility index (Phi) is 9.76. The van der Waals surface area contributed by atoms with Crippen molar-refractivity contribution in [3.8, 4) is 0 Å². The number of carbonyl (C=O) groups is 1. The Morgan fingerprint density at radius 1 is 1.05 bits per heavy atom. The third-order valence-electron chi connectivity index (χ3n) is 6.24. The highest BCUT2D eigenvalue weighted by atomic mass is 79.9. The maximum absolute atomic E-state index is 14.6. The molecule has 2 aromatic carbocycles. The molecule has 0 N–H and O–H groups in total. The lowest BCUT2D eigenvalue weighted by Crippen LogP contribution is -2.46. The minimum Gasteiger partial charge on any atom is -0.450 e. The van der Waals surface area contributed by atoms with Crippen molar-refractivity contribution in [1.82, 2.24) is 14.0 Å². The van der Waals surface area contributed by atoms with Gasteiger partial charge in [0.25, 0.3) is 5.56 Å². The molecule has 7 nitrogen and oxygen atoms in total. The topological polar surface area (TPSA) is 73.5 Å². The summed E-state index contributed by atoms with van der Waals surface area (Å²) >= 11 is 3.16. The second-order valence-electron chi connectivity index (χ2n) is 8.77. The number of aromatic nitrogens is 2. The molecule has 1 unspecified atom stereocenters. The van der Waals surface area contributed by atoms with Crippen LogP contribution in [0.5, 0.6) is 0 Å². The van der Waals surface area contributed by atoms with Gasteiger partial charge in [-0.05, 0) is 53.9 Å². The van der Waals surface area contributed by atoms with Crippen LogP contribution in [0, 0.1) is 12.7 Å². The van der Waals surface area contributed by atoms with Crippen molar-refractivity contribution in [3.63, 3.8) is 0 Å². The molecule has 210 valence electrons. The molecule has 1 heterocycles. The molecule has 39 heavy (non-hydrogen) atoms. The summed E-state index contributed by atoms with van der Waals surface area (Å²) in [5, 5.41) is 0. The number of nitrogens with zero attached hydrogens (tertiary/aromatic N) is 3. The van der Waals surface area contributed by atoms with Crippen LogP contribution in [0.2, 0.25) is 0 Å². The predicted octanol–water partition coefficient (Wildman–Crippen LogP) is 5.90. The molecule has 1 amide bonds. The molecule has 3 rings (SSSR count). The Balaban J connectivity index is 2.20. The molecule has 0 spiro atoms. The molecular weight excluding hydrogens is 586 g/mol. The fraction of sp³-hybridized carbons (Fsp3) is 0.370. The summed E-state index contributed by atoms with van der Waals surface area (Å²) in [4.78, 5) is 41.2. The highest BCUT2D eigenvalue weighted by Gasteiger charge is 2.35. The lowest BCUT2D eigenvalue weighted by molar-refractivity contribution is -0.138. The summed E-state index contributed by atoms with van der Waals surface area (Å²) in [5.74, 6) is -1.14. The normalized spacial score (nSPS) is 12.3. The first kappa shape index (κ1) is 30.1. The quantitative estimate of drug-likeness (QED) is 0.282. The summed E-state index contributed by atoms with van der Waals surface area (Å²) in [5.41, 5.74) is -2.99. The molecule has 12 heteroatoms. The van der Waals surface area contributed by atoms with Gasteiger partial charge in [-0.15, -0.1) is 0 Å². The van der Waals surface area contributed by atoms with Crippen LogP contribution in [0.3, 0.4) is 0 Å². The number of ether oxygens (including phenoxy) is 1. The first-order chi connectivity index (χ1) is 18.4. The first-order valence-corrected chi connectivity index (χ1v) is 13.0. The minimum absolute atomic E-state index is 0.0321. The Hall–Kier alpha value is -3.41. The first-order valence-electron chi connectivity index (χ1n) is 12.2. The fourth-order valence-electron chi connectivity index (χ4n) is 4.31. The van der Waals surface area contributed by atoms with Gasteiger partial charge in [-0.1, -0.05) is 43.3 Å². The smallest absolute Gasteiger partial charge is 0.416 e. The summed E-state index contributed by atoms with van der Waals surface area (Å²) in [6.07, 6.45) is -4.96. The van der Waals surface area contributed by atoms with E-state index in [4.69, 9.17) is 4.74 Å². The largest absolute Gasteiger partial charge is 0.450 e. The summed E-state index contributed by atoms with van der Waals surface area (Å²) in [6.45, 7) is 4.15. The highest BCUT2D eigenvalue weighted by Crippen LogP contribution is 2.33. The van der Waals surface area contributed by atoms with Crippen molar-refractivity contribution in [3.05, 3.63) is 102 Å².